The molecule has 6 heteroatoms. The first-order chi connectivity index (χ1) is 15.8. The molecule has 0 fully saturated rings. The standard InChI is InChI=1S/C26H34N4OS/c1-30-25(21-10-4-3-5-11-21)28-29-26(30)32-18-8-17-27-16-7-9-20-14-15-23-22(19-20)12-6-13-24(23)31-2/h3-6,10-13,20,27H,7-9,14-19H2,1-2H3. The zero-order valence-electron chi connectivity index (χ0n) is 19.2. The molecule has 170 valence electrons. The number of ether oxygens (including phenoxy) is 1. The van der Waals surface area contributed by atoms with Crippen molar-refractivity contribution in [2.45, 2.75) is 43.7 Å². The van der Waals surface area contributed by atoms with E-state index in [4.69, 9.17) is 4.74 Å². The molecule has 1 atom stereocenters. The molecule has 1 aliphatic rings. The number of nitrogens with one attached hydrogen (secondary N) is 1. The molecule has 0 bridgehead atoms. The summed E-state index contributed by atoms with van der Waals surface area (Å²) < 4.78 is 7.62. The fourth-order valence-corrected chi connectivity index (χ4v) is 5.42. The molecule has 3 aromatic rings. The molecule has 0 amide bonds. The number of nitrogens with zero attached hydrogens (tertiary/aromatic N) is 3. The molecule has 1 N–H and O–H groups in total. The summed E-state index contributed by atoms with van der Waals surface area (Å²) >= 11 is 1.78. The van der Waals surface area contributed by atoms with Gasteiger partial charge < -0.3 is 14.6 Å². The van der Waals surface area contributed by atoms with E-state index in [1.807, 2.05) is 25.2 Å². The van der Waals surface area contributed by atoms with Crippen molar-refractivity contribution in [1.29, 1.82) is 0 Å². The lowest BCUT2D eigenvalue weighted by molar-refractivity contribution is 0.381. The molecule has 32 heavy (non-hydrogen) atoms. The number of fused-ring (bicyclic) bond motifs is 1. The van der Waals surface area contributed by atoms with Gasteiger partial charge in [0.05, 0.1) is 7.11 Å². The third kappa shape index (κ3) is 5.73. The lowest BCUT2D eigenvalue weighted by atomic mass is 9.81. The van der Waals surface area contributed by atoms with E-state index in [1.54, 1.807) is 18.9 Å². The first-order valence-electron chi connectivity index (χ1n) is 11.7. The monoisotopic (exact) mass is 450 g/mol. The van der Waals surface area contributed by atoms with Crippen molar-refractivity contribution in [2.75, 3.05) is 26.0 Å². The van der Waals surface area contributed by atoms with Gasteiger partial charge in [-0.25, -0.2) is 0 Å². The van der Waals surface area contributed by atoms with Crippen LogP contribution in [0.4, 0.5) is 0 Å². The Kier molecular flexibility index (Phi) is 8.24. The third-order valence-corrected chi connectivity index (χ3v) is 7.43. The van der Waals surface area contributed by atoms with Gasteiger partial charge in [-0.15, -0.1) is 10.2 Å². The largest absolute Gasteiger partial charge is 0.496 e. The number of aromatic nitrogens is 3. The molecule has 1 unspecified atom stereocenters. The minimum absolute atomic E-state index is 0.807. The molecule has 4 rings (SSSR count). The van der Waals surface area contributed by atoms with Crippen LogP contribution in [0.15, 0.2) is 53.7 Å². The molecule has 0 saturated heterocycles. The summed E-state index contributed by atoms with van der Waals surface area (Å²) in [5.74, 6) is 3.85. The van der Waals surface area contributed by atoms with Crippen LogP contribution in [0.1, 0.15) is 36.8 Å². The normalized spacial score (nSPS) is 15.5. The average molecular weight is 451 g/mol. The molecule has 1 aliphatic carbocycles. The Morgan fingerprint density at radius 3 is 2.75 bits per heavy atom. The molecule has 0 radical (unpaired) electrons. The van der Waals surface area contributed by atoms with Gasteiger partial charge in [0, 0.05) is 18.4 Å². The maximum Gasteiger partial charge on any atom is 0.191 e. The molecule has 1 heterocycles. The number of rotatable bonds is 11. The quantitative estimate of drug-likeness (QED) is 0.323. The molecular weight excluding hydrogens is 416 g/mol. The Morgan fingerprint density at radius 1 is 1.06 bits per heavy atom. The molecular formula is C26H34N4OS. The van der Waals surface area contributed by atoms with E-state index in [2.05, 4.69) is 50.4 Å². The SMILES string of the molecule is COc1cccc2c1CCC(CCCNCCCSc1nnc(-c3ccccc3)n1C)C2. The summed E-state index contributed by atoms with van der Waals surface area (Å²) in [7, 11) is 3.82. The van der Waals surface area contributed by atoms with Gasteiger partial charge in [0.2, 0.25) is 0 Å². The maximum atomic E-state index is 5.53. The molecule has 0 aliphatic heterocycles. The Balaban J connectivity index is 1.10. The van der Waals surface area contributed by atoms with Gasteiger partial charge in [-0.1, -0.05) is 54.2 Å². The van der Waals surface area contributed by atoms with Crippen LogP contribution in [0.3, 0.4) is 0 Å². The second-order valence-corrected chi connectivity index (χ2v) is 9.59. The minimum atomic E-state index is 0.807. The van der Waals surface area contributed by atoms with Gasteiger partial charge in [-0.2, -0.15) is 0 Å². The van der Waals surface area contributed by atoms with Crippen LogP contribution >= 0.6 is 11.8 Å². The first-order valence-corrected chi connectivity index (χ1v) is 12.7. The fraction of sp³-hybridized carbons (Fsp3) is 0.462. The van der Waals surface area contributed by atoms with Crippen LogP contribution in [0.5, 0.6) is 5.75 Å². The zero-order chi connectivity index (χ0) is 22.2. The van der Waals surface area contributed by atoms with Gasteiger partial charge >= 0.3 is 0 Å². The van der Waals surface area contributed by atoms with Gasteiger partial charge in [0.25, 0.3) is 0 Å². The van der Waals surface area contributed by atoms with Crippen LogP contribution in [0.2, 0.25) is 0 Å². The van der Waals surface area contributed by atoms with Crippen molar-refractivity contribution < 1.29 is 4.74 Å². The minimum Gasteiger partial charge on any atom is -0.496 e. The second kappa shape index (κ2) is 11.5. The Morgan fingerprint density at radius 2 is 1.91 bits per heavy atom. The lowest BCUT2D eigenvalue weighted by Crippen LogP contribution is -2.20. The van der Waals surface area contributed by atoms with E-state index in [9.17, 15) is 0 Å². The zero-order valence-corrected chi connectivity index (χ0v) is 20.0. The smallest absolute Gasteiger partial charge is 0.191 e. The second-order valence-electron chi connectivity index (χ2n) is 8.53. The summed E-state index contributed by atoms with van der Waals surface area (Å²) in [4.78, 5) is 0. The number of methoxy groups -OCH3 is 1. The van der Waals surface area contributed by atoms with Crippen molar-refractivity contribution in [3.05, 3.63) is 59.7 Å². The maximum absolute atomic E-state index is 5.53. The van der Waals surface area contributed by atoms with Crippen molar-refractivity contribution in [2.24, 2.45) is 13.0 Å². The van der Waals surface area contributed by atoms with Crippen LogP contribution in [-0.4, -0.2) is 40.7 Å². The fourth-order valence-electron chi connectivity index (χ4n) is 4.57. The molecule has 0 saturated carbocycles. The van der Waals surface area contributed by atoms with E-state index in [-0.39, 0.29) is 0 Å². The Bertz CT molecular complexity index is 989. The van der Waals surface area contributed by atoms with E-state index in [1.165, 1.54) is 36.8 Å². The van der Waals surface area contributed by atoms with E-state index in [0.717, 1.165) is 59.9 Å². The van der Waals surface area contributed by atoms with Crippen LogP contribution < -0.4 is 10.1 Å². The van der Waals surface area contributed by atoms with Gasteiger partial charge in [0.1, 0.15) is 5.75 Å². The topological polar surface area (TPSA) is 52.0 Å². The van der Waals surface area contributed by atoms with Crippen molar-refractivity contribution in [1.82, 2.24) is 20.1 Å². The summed E-state index contributed by atoms with van der Waals surface area (Å²) in [5.41, 5.74) is 4.03. The third-order valence-electron chi connectivity index (χ3n) is 6.32. The Labute approximate surface area is 196 Å². The average Bonchev–Trinajstić information content (AvgIpc) is 3.20. The number of benzene rings is 2. The van der Waals surface area contributed by atoms with Crippen molar-refractivity contribution >= 4 is 11.8 Å². The van der Waals surface area contributed by atoms with Crippen LogP contribution in [0, 0.1) is 5.92 Å². The summed E-state index contributed by atoms with van der Waals surface area (Å²) in [6, 6.07) is 16.7. The van der Waals surface area contributed by atoms with Crippen LogP contribution in [-0.2, 0) is 19.9 Å². The van der Waals surface area contributed by atoms with Gasteiger partial charge in [0.15, 0.2) is 11.0 Å². The molecule has 1 aromatic heterocycles. The van der Waals surface area contributed by atoms with E-state index in [0.29, 0.717) is 0 Å². The predicted octanol–water partition coefficient (Wildman–Crippen LogP) is 5.15. The highest BCUT2D eigenvalue weighted by molar-refractivity contribution is 7.99. The van der Waals surface area contributed by atoms with Crippen molar-refractivity contribution in [3.63, 3.8) is 0 Å². The highest BCUT2D eigenvalue weighted by atomic mass is 32.2. The van der Waals surface area contributed by atoms with Crippen molar-refractivity contribution in [3.8, 4) is 17.1 Å². The molecule has 0 spiro atoms. The number of thioether (sulfide) groups is 1. The molecule has 5 nitrogen and oxygen atoms in total. The van der Waals surface area contributed by atoms with E-state index >= 15 is 0 Å². The van der Waals surface area contributed by atoms with E-state index < -0.39 is 0 Å². The van der Waals surface area contributed by atoms with Gasteiger partial charge in [-0.3, -0.25) is 0 Å². The predicted molar refractivity (Wildman–Crippen MR) is 132 cm³/mol. The summed E-state index contributed by atoms with van der Waals surface area (Å²) in [6.45, 7) is 2.16. The highest BCUT2D eigenvalue weighted by Gasteiger charge is 2.20. The van der Waals surface area contributed by atoms with Gasteiger partial charge in [-0.05, 0) is 74.7 Å². The lowest BCUT2D eigenvalue weighted by Gasteiger charge is -2.26. The number of hydrogen-bond acceptors (Lipinski definition) is 5. The number of hydrogen-bond donors (Lipinski definition) is 1. The summed E-state index contributed by atoms with van der Waals surface area (Å²) in [5, 5.41) is 13.3. The first kappa shape index (κ1) is 22.9. The highest BCUT2D eigenvalue weighted by Crippen LogP contribution is 2.33. The molecule has 2 aromatic carbocycles. The Hall–Kier alpha value is -2.31. The van der Waals surface area contributed by atoms with Crippen LogP contribution in [0.25, 0.3) is 11.4 Å². The summed E-state index contributed by atoms with van der Waals surface area (Å²) in [6.07, 6.45) is 7.33.